The predicted octanol–water partition coefficient (Wildman–Crippen LogP) is 5.46. The molecule has 0 unspecified atom stereocenters. The molecule has 0 radical (unpaired) electrons. The number of halogens is 2. The van der Waals surface area contributed by atoms with Crippen molar-refractivity contribution in [3.8, 4) is 11.5 Å². The van der Waals surface area contributed by atoms with Gasteiger partial charge in [0, 0.05) is 32.4 Å². The lowest BCUT2D eigenvalue weighted by atomic mass is 9.95. The van der Waals surface area contributed by atoms with Gasteiger partial charge in [-0.1, -0.05) is 59.6 Å². The van der Waals surface area contributed by atoms with Crippen LogP contribution in [0.15, 0.2) is 83.1 Å². The van der Waals surface area contributed by atoms with Crippen molar-refractivity contribution in [3.63, 3.8) is 0 Å². The zero-order chi connectivity index (χ0) is 30.1. The van der Waals surface area contributed by atoms with E-state index in [9.17, 15) is 9.59 Å². The smallest absolute Gasteiger partial charge is 0.338 e. The third-order valence-corrected chi connectivity index (χ3v) is 6.88. The fraction of sp³-hybridized carbons (Fsp3) is 0.200. The van der Waals surface area contributed by atoms with Crippen LogP contribution in [0.4, 0.5) is 0 Å². The first-order chi connectivity index (χ1) is 20.3. The van der Waals surface area contributed by atoms with Gasteiger partial charge in [0.15, 0.2) is 11.7 Å². The molecule has 0 saturated heterocycles. The Kier molecular flexibility index (Phi) is 10.8. The third-order valence-electron chi connectivity index (χ3n) is 6.06. The molecule has 0 bridgehead atoms. The van der Waals surface area contributed by atoms with E-state index in [4.69, 9.17) is 49.6 Å². The predicted molar refractivity (Wildman–Crippen MR) is 166 cm³/mol. The maximum Gasteiger partial charge on any atom is 0.338 e. The number of amides is 1. The number of hydrogen-bond donors (Lipinski definition) is 3. The number of allylic oxidation sites excluding steroid dienone is 1. The summed E-state index contributed by atoms with van der Waals surface area (Å²) in [6.45, 7) is 3.60. The first-order valence-electron chi connectivity index (χ1n) is 12.9. The minimum Gasteiger partial charge on any atom is -0.488 e. The number of nitrogens with one attached hydrogen (secondary N) is 3. The Hall–Kier alpha value is -4.12. The van der Waals surface area contributed by atoms with Crippen LogP contribution in [0, 0.1) is 0 Å². The summed E-state index contributed by atoms with van der Waals surface area (Å²) in [5, 5.41) is 11.5. The normalized spacial score (nSPS) is 14.7. The molecule has 1 amide bonds. The van der Waals surface area contributed by atoms with Crippen LogP contribution in [0.1, 0.15) is 36.6 Å². The molecule has 0 aromatic heterocycles. The SMILES string of the molecule is CCOC(=O)C1=C(C)NC(=S)N[C@@H]1c1ccccc1OCC(=O)NN=Cc1cc(Cl)ccc1OCc1ccccc1Cl. The van der Waals surface area contributed by atoms with Gasteiger partial charge in [-0.2, -0.15) is 5.10 Å². The van der Waals surface area contributed by atoms with Crippen LogP contribution in [0.5, 0.6) is 11.5 Å². The van der Waals surface area contributed by atoms with Crippen LogP contribution in [0.3, 0.4) is 0 Å². The monoisotopic (exact) mass is 626 g/mol. The van der Waals surface area contributed by atoms with Crippen molar-refractivity contribution in [1.29, 1.82) is 0 Å². The maximum atomic E-state index is 12.7. The first kappa shape index (κ1) is 30.8. The van der Waals surface area contributed by atoms with E-state index in [0.717, 1.165) is 5.56 Å². The van der Waals surface area contributed by atoms with Crippen molar-refractivity contribution in [1.82, 2.24) is 16.1 Å². The summed E-state index contributed by atoms with van der Waals surface area (Å²) in [6.07, 6.45) is 1.43. The molecule has 9 nitrogen and oxygen atoms in total. The molecule has 3 aromatic rings. The molecule has 0 aliphatic carbocycles. The van der Waals surface area contributed by atoms with Crippen molar-refractivity contribution in [2.24, 2.45) is 5.10 Å². The lowest BCUT2D eigenvalue weighted by Gasteiger charge is -2.30. The fourth-order valence-electron chi connectivity index (χ4n) is 4.13. The highest BCUT2D eigenvalue weighted by molar-refractivity contribution is 7.80. The molecule has 1 heterocycles. The van der Waals surface area contributed by atoms with Gasteiger partial charge in [-0.05, 0) is 56.4 Å². The number of esters is 1. The third kappa shape index (κ3) is 8.00. The number of carbonyl (C=O) groups excluding carboxylic acids is 2. The van der Waals surface area contributed by atoms with E-state index in [1.807, 2.05) is 18.2 Å². The molecule has 4 rings (SSSR count). The van der Waals surface area contributed by atoms with Gasteiger partial charge in [0.25, 0.3) is 5.91 Å². The van der Waals surface area contributed by atoms with Crippen molar-refractivity contribution < 1.29 is 23.8 Å². The molecule has 218 valence electrons. The summed E-state index contributed by atoms with van der Waals surface area (Å²) in [5.74, 6) is -0.0949. The Morgan fingerprint density at radius 3 is 2.60 bits per heavy atom. The topological polar surface area (TPSA) is 110 Å². The average Bonchev–Trinajstić information content (AvgIpc) is 2.96. The maximum absolute atomic E-state index is 12.7. The van der Waals surface area contributed by atoms with Crippen LogP contribution in [-0.2, 0) is 20.9 Å². The van der Waals surface area contributed by atoms with Crippen molar-refractivity contribution in [2.45, 2.75) is 26.5 Å². The van der Waals surface area contributed by atoms with Crippen LogP contribution < -0.4 is 25.5 Å². The second-order valence-electron chi connectivity index (χ2n) is 8.97. The summed E-state index contributed by atoms with van der Waals surface area (Å²) in [6, 6.07) is 18.9. The zero-order valence-corrected chi connectivity index (χ0v) is 25.1. The van der Waals surface area contributed by atoms with E-state index < -0.39 is 17.9 Å². The molecule has 42 heavy (non-hydrogen) atoms. The standard InChI is InChI=1S/C30H28Cl2N4O5S/c1-3-39-29(38)27-18(2)34-30(42)35-28(27)22-9-5-7-11-25(22)41-17-26(37)36-33-15-20-14-21(31)12-13-24(20)40-16-19-8-4-6-10-23(19)32/h4-15,28H,3,16-17H2,1-2H3,(H,36,37)(H2,34,35,42)/t28-/m1/s1. The van der Waals surface area contributed by atoms with E-state index in [0.29, 0.717) is 49.1 Å². The molecule has 0 fully saturated rings. The molecular formula is C30H28Cl2N4O5S. The number of benzene rings is 3. The van der Waals surface area contributed by atoms with E-state index in [2.05, 4.69) is 21.2 Å². The average molecular weight is 628 g/mol. The second kappa shape index (κ2) is 14.7. The summed E-state index contributed by atoms with van der Waals surface area (Å²) in [5.41, 5.74) is 5.37. The summed E-state index contributed by atoms with van der Waals surface area (Å²) < 4.78 is 17.0. The van der Waals surface area contributed by atoms with E-state index in [-0.39, 0.29) is 19.8 Å². The van der Waals surface area contributed by atoms with Crippen LogP contribution in [-0.4, -0.2) is 36.4 Å². The van der Waals surface area contributed by atoms with Crippen LogP contribution in [0.2, 0.25) is 10.0 Å². The van der Waals surface area contributed by atoms with Gasteiger partial charge in [-0.3, -0.25) is 4.79 Å². The Morgan fingerprint density at radius 1 is 1.05 bits per heavy atom. The number of rotatable bonds is 11. The summed E-state index contributed by atoms with van der Waals surface area (Å²) in [4.78, 5) is 25.3. The van der Waals surface area contributed by atoms with Gasteiger partial charge in [0.1, 0.15) is 18.1 Å². The van der Waals surface area contributed by atoms with Gasteiger partial charge in [0.05, 0.1) is 24.4 Å². The summed E-state index contributed by atoms with van der Waals surface area (Å²) >= 11 is 17.7. The fourth-order valence-corrected chi connectivity index (χ4v) is 4.77. The van der Waals surface area contributed by atoms with Crippen molar-refractivity contribution >= 4 is 58.6 Å². The molecule has 1 aliphatic rings. The first-order valence-corrected chi connectivity index (χ1v) is 14.1. The molecule has 3 N–H and O–H groups in total. The molecule has 12 heteroatoms. The highest BCUT2D eigenvalue weighted by Crippen LogP contribution is 2.33. The number of ether oxygens (including phenoxy) is 3. The Balaban J connectivity index is 1.42. The van der Waals surface area contributed by atoms with E-state index >= 15 is 0 Å². The molecular weight excluding hydrogens is 599 g/mol. The largest absolute Gasteiger partial charge is 0.488 e. The number of para-hydroxylation sites is 1. The number of hydrazone groups is 1. The van der Waals surface area contributed by atoms with Gasteiger partial charge < -0.3 is 24.8 Å². The van der Waals surface area contributed by atoms with Crippen LogP contribution in [0.25, 0.3) is 0 Å². The summed E-state index contributed by atoms with van der Waals surface area (Å²) in [7, 11) is 0. The molecule has 3 aromatic carbocycles. The molecule has 1 atom stereocenters. The zero-order valence-electron chi connectivity index (χ0n) is 22.8. The van der Waals surface area contributed by atoms with Crippen molar-refractivity contribution in [3.05, 3.63) is 105 Å². The van der Waals surface area contributed by atoms with Crippen LogP contribution >= 0.6 is 35.4 Å². The minimum absolute atomic E-state index is 0.218. The van der Waals surface area contributed by atoms with Gasteiger partial charge in [-0.15, -0.1) is 0 Å². The number of hydrogen-bond acceptors (Lipinski definition) is 7. The Labute approximate surface area is 258 Å². The Bertz CT molecular complexity index is 1550. The lowest BCUT2D eigenvalue weighted by Crippen LogP contribution is -2.45. The quantitative estimate of drug-likeness (QED) is 0.111. The van der Waals surface area contributed by atoms with Gasteiger partial charge in [-0.25, -0.2) is 10.2 Å². The minimum atomic E-state index is -0.637. The highest BCUT2D eigenvalue weighted by atomic mass is 35.5. The van der Waals surface area contributed by atoms with E-state index in [1.165, 1.54) is 6.21 Å². The van der Waals surface area contributed by atoms with Crippen molar-refractivity contribution in [2.75, 3.05) is 13.2 Å². The van der Waals surface area contributed by atoms with Gasteiger partial charge in [0.2, 0.25) is 0 Å². The highest BCUT2D eigenvalue weighted by Gasteiger charge is 2.32. The lowest BCUT2D eigenvalue weighted by molar-refractivity contribution is -0.139. The van der Waals surface area contributed by atoms with Gasteiger partial charge >= 0.3 is 5.97 Å². The number of carbonyl (C=O) groups is 2. The Morgan fingerprint density at radius 2 is 1.81 bits per heavy atom. The molecule has 1 aliphatic heterocycles. The number of nitrogens with zero attached hydrogens (tertiary/aromatic N) is 1. The number of thiocarbonyl (C=S) groups is 1. The second-order valence-corrected chi connectivity index (χ2v) is 10.2. The van der Waals surface area contributed by atoms with E-state index in [1.54, 1.807) is 62.4 Å². The molecule has 0 spiro atoms. The molecule has 0 saturated carbocycles.